The van der Waals surface area contributed by atoms with E-state index in [1.807, 2.05) is 69.3 Å². The first-order valence-electron chi connectivity index (χ1n) is 7.99. The van der Waals surface area contributed by atoms with E-state index in [4.69, 9.17) is 4.74 Å². The van der Waals surface area contributed by atoms with Crippen molar-refractivity contribution in [1.29, 1.82) is 0 Å². The predicted molar refractivity (Wildman–Crippen MR) is 96.8 cm³/mol. The number of aromatic nitrogens is 1. The van der Waals surface area contributed by atoms with Crippen molar-refractivity contribution in [3.63, 3.8) is 0 Å². The zero-order valence-corrected chi connectivity index (χ0v) is 14.1. The molecule has 3 aromatic rings. The number of fused-ring (bicyclic) bond motifs is 1. The predicted octanol–water partition coefficient (Wildman–Crippen LogP) is 4.50. The van der Waals surface area contributed by atoms with Gasteiger partial charge in [0.2, 0.25) is 0 Å². The topological polar surface area (TPSA) is 51.2 Å². The Labute approximate surface area is 141 Å². The van der Waals surface area contributed by atoms with Crippen LogP contribution in [0.2, 0.25) is 0 Å². The van der Waals surface area contributed by atoms with Gasteiger partial charge in [-0.2, -0.15) is 0 Å². The van der Waals surface area contributed by atoms with E-state index in [1.165, 1.54) is 0 Å². The number of hydrogen-bond donors (Lipinski definition) is 1. The molecule has 0 aliphatic heterocycles. The van der Waals surface area contributed by atoms with Crippen molar-refractivity contribution in [1.82, 2.24) is 4.98 Å². The van der Waals surface area contributed by atoms with Crippen LogP contribution in [0.3, 0.4) is 0 Å². The summed E-state index contributed by atoms with van der Waals surface area (Å²) in [6, 6.07) is 15.1. The zero-order valence-electron chi connectivity index (χ0n) is 14.1. The number of nitrogens with one attached hydrogen (secondary N) is 1. The maximum absolute atomic E-state index is 12.7. The first-order chi connectivity index (χ1) is 11.6. The molecule has 1 amide bonds. The van der Waals surface area contributed by atoms with Gasteiger partial charge in [-0.3, -0.25) is 9.78 Å². The Bertz CT molecular complexity index is 886. The van der Waals surface area contributed by atoms with E-state index in [0.717, 1.165) is 33.6 Å². The number of pyridine rings is 1. The highest BCUT2D eigenvalue weighted by Gasteiger charge is 2.12. The van der Waals surface area contributed by atoms with Gasteiger partial charge in [0.25, 0.3) is 5.91 Å². The molecule has 0 bridgehead atoms. The van der Waals surface area contributed by atoms with Crippen molar-refractivity contribution >= 4 is 22.5 Å². The van der Waals surface area contributed by atoms with Crippen molar-refractivity contribution in [3.05, 3.63) is 65.4 Å². The molecule has 4 heteroatoms. The van der Waals surface area contributed by atoms with Crippen LogP contribution in [-0.2, 0) is 0 Å². The maximum atomic E-state index is 12.7. The van der Waals surface area contributed by atoms with Crippen molar-refractivity contribution in [2.45, 2.75) is 20.8 Å². The number of nitrogens with zero attached hydrogens (tertiary/aromatic N) is 1. The third-order valence-corrected chi connectivity index (χ3v) is 3.76. The van der Waals surface area contributed by atoms with E-state index in [0.29, 0.717) is 12.2 Å². The lowest BCUT2D eigenvalue weighted by Crippen LogP contribution is -2.13. The average Bonchev–Trinajstić information content (AvgIpc) is 2.56. The summed E-state index contributed by atoms with van der Waals surface area (Å²) < 4.78 is 5.42. The van der Waals surface area contributed by atoms with Crippen LogP contribution in [0.15, 0.2) is 48.5 Å². The fourth-order valence-electron chi connectivity index (χ4n) is 2.66. The van der Waals surface area contributed by atoms with Crippen LogP contribution in [0.1, 0.15) is 28.5 Å². The standard InChI is InChI=1S/C20H20N2O2/c1-4-24-16-8-6-15(7-9-16)22-20(23)18-12-14(3)21-19-10-5-13(2)11-17(18)19/h5-12H,4H2,1-3H3,(H,22,23). The van der Waals surface area contributed by atoms with Gasteiger partial charge in [-0.25, -0.2) is 0 Å². The van der Waals surface area contributed by atoms with Crippen molar-refractivity contribution in [3.8, 4) is 5.75 Å². The molecule has 0 spiro atoms. The Morgan fingerprint density at radius 1 is 1.08 bits per heavy atom. The van der Waals surface area contributed by atoms with Crippen molar-refractivity contribution in [2.75, 3.05) is 11.9 Å². The number of ether oxygens (including phenoxy) is 1. The van der Waals surface area contributed by atoms with E-state index in [-0.39, 0.29) is 5.91 Å². The van der Waals surface area contributed by atoms with Gasteiger partial charge in [0.1, 0.15) is 5.75 Å². The maximum Gasteiger partial charge on any atom is 0.256 e. The van der Waals surface area contributed by atoms with Gasteiger partial charge in [-0.05, 0) is 63.2 Å². The van der Waals surface area contributed by atoms with Gasteiger partial charge >= 0.3 is 0 Å². The Kier molecular flexibility index (Phi) is 4.47. The summed E-state index contributed by atoms with van der Waals surface area (Å²) in [7, 11) is 0. The number of aryl methyl sites for hydroxylation is 2. The summed E-state index contributed by atoms with van der Waals surface area (Å²) in [6.45, 7) is 6.46. The number of carbonyl (C=O) groups is 1. The zero-order chi connectivity index (χ0) is 17.1. The van der Waals surface area contributed by atoms with Crippen LogP contribution >= 0.6 is 0 Å². The van der Waals surface area contributed by atoms with Crippen LogP contribution in [0.4, 0.5) is 5.69 Å². The lowest BCUT2D eigenvalue weighted by atomic mass is 10.0. The summed E-state index contributed by atoms with van der Waals surface area (Å²) in [5.41, 5.74) is 4.12. The van der Waals surface area contributed by atoms with Crippen LogP contribution in [0.5, 0.6) is 5.75 Å². The number of benzene rings is 2. The number of rotatable bonds is 4. The van der Waals surface area contributed by atoms with E-state index in [9.17, 15) is 4.79 Å². The fourth-order valence-corrected chi connectivity index (χ4v) is 2.66. The molecule has 0 aliphatic rings. The second-order valence-electron chi connectivity index (χ2n) is 5.74. The average molecular weight is 320 g/mol. The molecule has 0 saturated carbocycles. The molecule has 0 aliphatic carbocycles. The smallest absolute Gasteiger partial charge is 0.256 e. The Morgan fingerprint density at radius 2 is 1.83 bits per heavy atom. The SMILES string of the molecule is CCOc1ccc(NC(=O)c2cc(C)nc3ccc(C)cc23)cc1. The van der Waals surface area contributed by atoms with E-state index in [2.05, 4.69) is 10.3 Å². The van der Waals surface area contributed by atoms with Gasteiger partial charge < -0.3 is 10.1 Å². The second kappa shape index (κ2) is 6.71. The van der Waals surface area contributed by atoms with Crippen molar-refractivity contribution < 1.29 is 9.53 Å². The second-order valence-corrected chi connectivity index (χ2v) is 5.74. The van der Waals surface area contributed by atoms with Gasteiger partial charge in [-0.1, -0.05) is 11.6 Å². The summed E-state index contributed by atoms with van der Waals surface area (Å²) in [4.78, 5) is 17.2. The van der Waals surface area contributed by atoms with Crippen LogP contribution in [-0.4, -0.2) is 17.5 Å². The molecule has 3 rings (SSSR count). The molecule has 1 heterocycles. The minimum absolute atomic E-state index is 0.139. The minimum Gasteiger partial charge on any atom is -0.494 e. The largest absolute Gasteiger partial charge is 0.494 e. The molecule has 1 aromatic heterocycles. The lowest BCUT2D eigenvalue weighted by Gasteiger charge is -2.10. The van der Waals surface area contributed by atoms with Crippen LogP contribution < -0.4 is 10.1 Å². The van der Waals surface area contributed by atoms with Gasteiger partial charge in [0.15, 0.2) is 0 Å². The van der Waals surface area contributed by atoms with Gasteiger partial charge in [0.05, 0.1) is 17.7 Å². The third kappa shape index (κ3) is 3.38. The normalized spacial score (nSPS) is 10.6. The van der Waals surface area contributed by atoms with Crippen LogP contribution in [0, 0.1) is 13.8 Å². The Hall–Kier alpha value is -2.88. The monoisotopic (exact) mass is 320 g/mol. The highest BCUT2D eigenvalue weighted by atomic mass is 16.5. The summed E-state index contributed by atoms with van der Waals surface area (Å²) in [5, 5.41) is 3.81. The fraction of sp³-hybridized carbons (Fsp3) is 0.200. The first kappa shape index (κ1) is 16.0. The number of carbonyl (C=O) groups excluding carboxylic acids is 1. The van der Waals surface area contributed by atoms with E-state index in [1.54, 1.807) is 0 Å². The molecule has 0 saturated heterocycles. The molecule has 2 aromatic carbocycles. The highest BCUT2D eigenvalue weighted by molar-refractivity contribution is 6.12. The summed E-state index contributed by atoms with van der Waals surface area (Å²) in [6.07, 6.45) is 0. The molecule has 0 radical (unpaired) electrons. The highest BCUT2D eigenvalue weighted by Crippen LogP contribution is 2.22. The number of hydrogen-bond acceptors (Lipinski definition) is 3. The molecule has 0 atom stereocenters. The number of amides is 1. The van der Waals surface area contributed by atoms with Gasteiger partial charge in [-0.15, -0.1) is 0 Å². The van der Waals surface area contributed by atoms with E-state index < -0.39 is 0 Å². The van der Waals surface area contributed by atoms with Gasteiger partial charge in [0, 0.05) is 16.8 Å². The van der Waals surface area contributed by atoms with Crippen molar-refractivity contribution in [2.24, 2.45) is 0 Å². The van der Waals surface area contributed by atoms with Crippen LogP contribution in [0.25, 0.3) is 10.9 Å². The molecular weight excluding hydrogens is 300 g/mol. The molecule has 122 valence electrons. The molecule has 0 unspecified atom stereocenters. The quantitative estimate of drug-likeness (QED) is 0.770. The molecule has 1 N–H and O–H groups in total. The summed E-state index contributed by atoms with van der Waals surface area (Å²) >= 11 is 0. The lowest BCUT2D eigenvalue weighted by molar-refractivity contribution is 0.102. The number of anilines is 1. The Balaban J connectivity index is 1.92. The molecule has 0 fully saturated rings. The first-order valence-corrected chi connectivity index (χ1v) is 7.99. The summed E-state index contributed by atoms with van der Waals surface area (Å²) in [5.74, 6) is 0.650. The molecule has 24 heavy (non-hydrogen) atoms. The minimum atomic E-state index is -0.139. The molecule has 4 nitrogen and oxygen atoms in total. The third-order valence-electron chi connectivity index (χ3n) is 3.76. The van der Waals surface area contributed by atoms with E-state index >= 15 is 0 Å². The molecular formula is C20H20N2O2. The Morgan fingerprint density at radius 3 is 2.54 bits per heavy atom.